The summed E-state index contributed by atoms with van der Waals surface area (Å²) in [6.07, 6.45) is 0.674. The van der Waals surface area contributed by atoms with Crippen LogP contribution >= 0.6 is 0 Å². The molecule has 7 nitrogen and oxygen atoms in total. The quantitative estimate of drug-likeness (QED) is 0.400. The molecule has 3 rings (SSSR count). The van der Waals surface area contributed by atoms with Gasteiger partial charge in [0.1, 0.15) is 17.2 Å². The minimum absolute atomic E-state index is 0.0425. The first-order chi connectivity index (χ1) is 15.8. The molecule has 2 aromatic carbocycles. The predicted octanol–water partition coefficient (Wildman–Crippen LogP) is 4.49. The van der Waals surface area contributed by atoms with E-state index in [4.69, 9.17) is 14.2 Å². The molecule has 2 aromatic rings. The average molecular weight is 453 g/mol. The van der Waals surface area contributed by atoms with E-state index in [2.05, 4.69) is 5.32 Å². The lowest BCUT2D eigenvalue weighted by atomic mass is 10.0. The first-order valence-corrected chi connectivity index (χ1v) is 11.2. The first-order valence-electron chi connectivity index (χ1n) is 11.2. The molecule has 0 aliphatic carbocycles. The summed E-state index contributed by atoms with van der Waals surface area (Å²) in [4.78, 5) is 27.8. The number of methoxy groups -OCH3 is 1. The van der Waals surface area contributed by atoms with Gasteiger partial charge < -0.3 is 19.5 Å². The maximum Gasteiger partial charge on any atom is 0.278 e. The number of hydrogen-bond donors (Lipinski definition) is 1. The molecule has 1 N–H and O–H groups in total. The molecular formula is C26H32N2O5. The van der Waals surface area contributed by atoms with Crippen molar-refractivity contribution in [2.45, 2.75) is 46.3 Å². The summed E-state index contributed by atoms with van der Waals surface area (Å²) in [6.45, 7) is 8.58. The molecule has 0 spiro atoms. The van der Waals surface area contributed by atoms with Gasteiger partial charge in [-0.2, -0.15) is 0 Å². The van der Waals surface area contributed by atoms with Crippen molar-refractivity contribution in [2.24, 2.45) is 0 Å². The fourth-order valence-corrected chi connectivity index (χ4v) is 3.54. The van der Waals surface area contributed by atoms with E-state index in [0.29, 0.717) is 35.6 Å². The minimum Gasteiger partial charge on any atom is -0.491 e. The zero-order valence-electron chi connectivity index (χ0n) is 19.9. The molecular weight excluding hydrogens is 420 g/mol. The highest BCUT2D eigenvalue weighted by atomic mass is 16.5. The molecule has 0 bridgehead atoms. The van der Waals surface area contributed by atoms with Crippen LogP contribution in [0.25, 0.3) is 5.57 Å². The van der Waals surface area contributed by atoms with Gasteiger partial charge in [-0.1, -0.05) is 12.1 Å². The molecule has 1 heterocycles. The van der Waals surface area contributed by atoms with Gasteiger partial charge in [0.05, 0.1) is 17.8 Å². The normalized spacial score (nSPS) is 14.0. The Morgan fingerprint density at radius 1 is 0.818 bits per heavy atom. The number of hydrogen-bond acceptors (Lipinski definition) is 6. The SMILES string of the molecule is COCCCN1C(=O)C(Nc2ccc(OC(C)C)cc2)=C(c2ccc(OC(C)C)cc2)C1=O. The van der Waals surface area contributed by atoms with E-state index >= 15 is 0 Å². The molecule has 176 valence electrons. The molecule has 0 saturated carbocycles. The number of carbonyl (C=O) groups is 2. The Morgan fingerprint density at radius 3 is 1.88 bits per heavy atom. The molecule has 0 saturated heterocycles. The van der Waals surface area contributed by atoms with Crippen molar-refractivity contribution in [3.63, 3.8) is 0 Å². The van der Waals surface area contributed by atoms with Crippen molar-refractivity contribution >= 4 is 23.1 Å². The highest BCUT2D eigenvalue weighted by Crippen LogP contribution is 2.32. The lowest BCUT2D eigenvalue weighted by Crippen LogP contribution is -2.33. The van der Waals surface area contributed by atoms with Crippen LogP contribution in [-0.2, 0) is 14.3 Å². The van der Waals surface area contributed by atoms with E-state index in [1.807, 2.05) is 64.1 Å². The van der Waals surface area contributed by atoms with Crippen LogP contribution in [-0.4, -0.2) is 49.2 Å². The molecule has 2 amide bonds. The van der Waals surface area contributed by atoms with Crippen molar-refractivity contribution < 1.29 is 23.8 Å². The van der Waals surface area contributed by atoms with Gasteiger partial charge in [0.2, 0.25) is 0 Å². The maximum atomic E-state index is 13.3. The van der Waals surface area contributed by atoms with Gasteiger partial charge in [0.25, 0.3) is 11.8 Å². The van der Waals surface area contributed by atoms with Crippen LogP contribution in [0.4, 0.5) is 5.69 Å². The summed E-state index contributed by atoms with van der Waals surface area (Å²) in [5, 5.41) is 3.17. The topological polar surface area (TPSA) is 77.1 Å². The van der Waals surface area contributed by atoms with E-state index in [1.54, 1.807) is 19.2 Å². The third kappa shape index (κ3) is 6.14. The van der Waals surface area contributed by atoms with Crippen LogP contribution in [0, 0.1) is 0 Å². The van der Waals surface area contributed by atoms with Crippen molar-refractivity contribution in [3.05, 3.63) is 59.8 Å². The summed E-state index contributed by atoms with van der Waals surface area (Å²) in [6, 6.07) is 14.5. The molecule has 0 atom stereocenters. The predicted molar refractivity (Wildman–Crippen MR) is 128 cm³/mol. The first kappa shape index (κ1) is 24.3. The Hall–Kier alpha value is -3.32. The average Bonchev–Trinajstić information content (AvgIpc) is 2.99. The number of ether oxygens (including phenoxy) is 3. The fourth-order valence-electron chi connectivity index (χ4n) is 3.54. The van der Waals surface area contributed by atoms with Gasteiger partial charge in [-0.05, 0) is 76.1 Å². The van der Waals surface area contributed by atoms with Crippen molar-refractivity contribution in [1.29, 1.82) is 0 Å². The highest BCUT2D eigenvalue weighted by Gasteiger charge is 2.38. The van der Waals surface area contributed by atoms with Gasteiger partial charge in [-0.3, -0.25) is 14.5 Å². The Balaban J connectivity index is 1.91. The van der Waals surface area contributed by atoms with Crippen LogP contribution in [0.1, 0.15) is 39.7 Å². The van der Waals surface area contributed by atoms with E-state index in [1.165, 1.54) is 4.90 Å². The van der Waals surface area contributed by atoms with Crippen molar-refractivity contribution in [3.8, 4) is 11.5 Å². The smallest absolute Gasteiger partial charge is 0.278 e. The summed E-state index contributed by atoms with van der Waals surface area (Å²) >= 11 is 0. The van der Waals surface area contributed by atoms with Crippen molar-refractivity contribution in [1.82, 2.24) is 4.90 Å². The number of nitrogens with one attached hydrogen (secondary N) is 1. The Labute approximate surface area is 195 Å². The number of rotatable bonds is 11. The standard InChI is InChI=1S/C26H32N2O5/c1-17(2)32-21-11-7-19(8-12-21)23-24(26(30)28(25(23)29)15-6-16-31-5)27-20-9-13-22(14-10-20)33-18(3)4/h7-14,17-18,27H,6,15-16H2,1-5H3. The number of anilines is 1. The van der Waals surface area contributed by atoms with E-state index < -0.39 is 0 Å². The molecule has 0 unspecified atom stereocenters. The number of imide groups is 1. The van der Waals surface area contributed by atoms with Crippen LogP contribution < -0.4 is 14.8 Å². The molecule has 0 radical (unpaired) electrons. The van der Waals surface area contributed by atoms with Crippen LogP contribution in [0.2, 0.25) is 0 Å². The van der Waals surface area contributed by atoms with E-state index in [-0.39, 0.29) is 36.3 Å². The number of nitrogens with zero attached hydrogens (tertiary/aromatic N) is 1. The van der Waals surface area contributed by atoms with Crippen LogP contribution in [0.3, 0.4) is 0 Å². The van der Waals surface area contributed by atoms with Gasteiger partial charge in [-0.25, -0.2) is 0 Å². The Bertz CT molecular complexity index is 994. The molecule has 1 aliphatic heterocycles. The Kier molecular flexibility index (Phi) is 8.11. The summed E-state index contributed by atoms with van der Waals surface area (Å²) < 4.78 is 16.5. The van der Waals surface area contributed by atoms with Crippen LogP contribution in [0.15, 0.2) is 54.2 Å². The molecule has 1 aliphatic rings. The lowest BCUT2D eigenvalue weighted by Gasteiger charge is -2.15. The summed E-state index contributed by atoms with van der Waals surface area (Å²) in [5.41, 5.74) is 1.95. The summed E-state index contributed by atoms with van der Waals surface area (Å²) in [5.74, 6) is 0.769. The van der Waals surface area contributed by atoms with Gasteiger partial charge in [0, 0.05) is 25.9 Å². The number of benzene rings is 2. The lowest BCUT2D eigenvalue weighted by molar-refractivity contribution is -0.137. The molecule has 0 aromatic heterocycles. The Morgan fingerprint density at radius 2 is 1.36 bits per heavy atom. The second-order valence-electron chi connectivity index (χ2n) is 8.37. The zero-order valence-corrected chi connectivity index (χ0v) is 19.9. The second-order valence-corrected chi connectivity index (χ2v) is 8.37. The third-order valence-electron chi connectivity index (χ3n) is 4.91. The number of carbonyl (C=O) groups excluding carboxylic acids is 2. The fraction of sp³-hybridized carbons (Fsp3) is 0.385. The summed E-state index contributed by atoms with van der Waals surface area (Å²) in [7, 11) is 1.59. The monoisotopic (exact) mass is 452 g/mol. The second kappa shape index (κ2) is 11.0. The zero-order chi connectivity index (χ0) is 24.0. The van der Waals surface area contributed by atoms with E-state index in [9.17, 15) is 9.59 Å². The minimum atomic E-state index is -0.351. The largest absolute Gasteiger partial charge is 0.491 e. The molecule has 7 heteroatoms. The molecule has 0 fully saturated rings. The van der Waals surface area contributed by atoms with Gasteiger partial charge >= 0.3 is 0 Å². The number of amides is 2. The maximum absolute atomic E-state index is 13.3. The van der Waals surface area contributed by atoms with E-state index in [0.717, 1.165) is 5.75 Å². The molecule has 33 heavy (non-hydrogen) atoms. The van der Waals surface area contributed by atoms with Crippen LogP contribution in [0.5, 0.6) is 11.5 Å². The van der Waals surface area contributed by atoms with Gasteiger partial charge in [-0.15, -0.1) is 0 Å². The van der Waals surface area contributed by atoms with Gasteiger partial charge in [0.15, 0.2) is 0 Å². The third-order valence-corrected chi connectivity index (χ3v) is 4.91. The van der Waals surface area contributed by atoms with Crippen molar-refractivity contribution in [2.75, 3.05) is 25.6 Å². The highest BCUT2D eigenvalue weighted by molar-refractivity contribution is 6.36.